The molecular weight excluding hydrogens is 158 g/mol. The summed E-state index contributed by atoms with van der Waals surface area (Å²) in [6.45, 7) is 1.74. The molecule has 0 amide bonds. The lowest BCUT2D eigenvalue weighted by atomic mass is 10.2. The van der Waals surface area contributed by atoms with Crippen LogP contribution in [0, 0.1) is 17.3 Å². The summed E-state index contributed by atoms with van der Waals surface area (Å²) in [7, 11) is 0. The van der Waals surface area contributed by atoms with Crippen molar-refractivity contribution >= 4 is 12.1 Å². The van der Waals surface area contributed by atoms with Crippen molar-refractivity contribution < 1.29 is 14.6 Å². The molecule has 2 N–H and O–H groups in total. The van der Waals surface area contributed by atoms with Crippen LogP contribution in [0.1, 0.15) is 26.2 Å². The summed E-state index contributed by atoms with van der Waals surface area (Å²) in [6, 6.07) is 0. The van der Waals surface area contributed by atoms with Gasteiger partial charge in [0.05, 0.1) is 0 Å². The first-order valence-corrected chi connectivity index (χ1v) is 3.54. The van der Waals surface area contributed by atoms with Gasteiger partial charge in [-0.25, -0.2) is 4.79 Å². The zero-order valence-corrected chi connectivity index (χ0v) is 6.89. The van der Waals surface area contributed by atoms with Crippen LogP contribution in [0.4, 0.5) is 4.79 Å². The Kier molecular flexibility index (Phi) is 5.45. The second-order valence-electron chi connectivity index (χ2n) is 2.07. The zero-order valence-electron chi connectivity index (χ0n) is 6.89. The maximum absolute atomic E-state index is 9.91. The van der Waals surface area contributed by atoms with Gasteiger partial charge in [0, 0.05) is 12.8 Å². The van der Waals surface area contributed by atoms with Crippen LogP contribution in [0.3, 0.4) is 0 Å². The van der Waals surface area contributed by atoms with Crippen LogP contribution in [0.25, 0.3) is 0 Å². The number of nitrogens with one attached hydrogen (secondary N) is 1. The molecule has 4 heteroatoms. The molecule has 0 heterocycles. The Balaban J connectivity index is 3.42. The molecule has 0 bridgehead atoms. The van der Waals surface area contributed by atoms with Gasteiger partial charge in [-0.3, -0.25) is 5.41 Å². The van der Waals surface area contributed by atoms with E-state index in [0.29, 0.717) is 19.3 Å². The normalized spacial score (nSPS) is 8.08. The van der Waals surface area contributed by atoms with Gasteiger partial charge in [-0.2, -0.15) is 0 Å². The average Bonchev–Trinajstić information content (AvgIpc) is 1.97. The first-order chi connectivity index (χ1) is 5.66. The first kappa shape index (κ1) is 10.5. The van der Waals surface area contributed by atoms with Crippen LogP contribution in [0.2, 0.25) is 0 Å². The van der Waals surface area contributed by atoms with Gasteiger partial charge in [-0.05, 0) is 13.3 Å². The predicted octanol–water partition coefficient (Wildman–Crippen LogP) is 1.85. The van der Waals surface area contributed by atoms with Gasteiger partial charge in [-0.15, -0.1) is 11.8 Å². The molecule has 0 aliphatic heterocycles. The summed E-state index contributed by atoms with van der Waals surface area (Å²) < 4.78 is 4.08. The van der Waals surface area contributed by atoms with E-state index < -0.39 is 6.16 Å². The lowest BCUT2D eigenvalue weighted by Crippen LogP contribution is -2.08. The maximum atomic E-state index is 9.91. The van der Waals surface area contributed by atoms with E-state index in [1.54, 1.807) is 6.92 Å². The monoisotopic (exact) mass is 169 g/mol. The van der Waals surface area contributed by atoms with Crippen LogP contribution < -0.4 is 0 Å². The maximum Gasteiger partial charge on any atom is 0.512 e. The topological polar surface area (TPSA) is 70.4 Å². The molecule has 0 aromatic carbocycles. The van der Waals surface area contributed by atoms with Crippen LogP contribution >= 0.6 is 0 Å². The highest BCUT2D eigenvalue weighted by molar-refractivity contribution is 5.82. The molecule has 0 saturated heterocycles. The van der Waals surface area contributed by atoms with E-state index in [9.17, 15) is 4.79 Å². The van der Waals surface area contributed by atoms with E-state index in [2.05, 4.69) is 16.6 Å². The fourth-order valence-corrected chi connectivity index (χ4v) is 0.619. The van der Waals surface area contributed by atoms with Crippen LogP contribution in [0.15, 0.2) is 0 Å². The third-order valence-corrected chi connectivity index (χ3v) is 1.09. The van der Waals surface area contributed by atoms with Crippen LogP contribution in [-0.2, 0) is 4.74 Å². The quantitative estimate of drug-likeness (QED) is 0.223. The molecule has 0 aliphatic carbocycles. The molecule has 0 atom stereocenters. The summed E-state index contributed by atoms with van der Waals surface area (Å²) in [5.41, 5.74) is 0. The smallest absolute Gasteiger partial charge is 0.449 e. The molecule has 0 rings (SSSR count). The Morgan fingerprint density at radius 3 is 2.83 bits per heavy atom. The number of carboxylic acid groups (broad SMARTS) is 1. The van der Waals surface area contributed by atoms with Gasteiger partial charge in [0.25, 0.3) is 0 Å². The van der Waals surface area contributed by atoms with Crippen molar-refractivity contribution in [2.45, 2.75) is 26.2 Å². The van der Waals surface area contributed by atoms with Crippen molar-refractivity contribution in [3.63, 3.8) is 0 Å². The van der Waals surface area contributed by atoms with Crippen molar-refractivity contribution in [3.8, 4) is 11.8 Å². The number of rotatable bonds is 3. The van der Waals surface area contributed by atoms with E-state index in [0.717, 1.165) is 0 Å². The van der Waals surface area contributed by atoms with Crippen LogP contribution in [-0.4, -0.2) is 17.2 Å². The summed E-state index contributed by atoms with van der Waals surface area (Å²) >= 11 is 0. The minimum Gasteiger partial charge on any atom is -0.449 e. The van der Waals surface area contributed by atoms with E-state index >= 15 is 0 Å². The first-order valence-electron chi connectivity index (χ1n) is 3.54. The standard InChI is InChI=1S/C8H11NO3/c1-2-3-4-5-6-7(9)12-8(10)11/h9H,4-6H2,1H3,(H,10,11). The van der Waals surface area contributed by atoms with E-state index in [4.69, 9.17) is 10.5 Å². The predicted molar refractivity (Wildman–Crippen MR) is 44.1 cm³/mol. The van der Waals surface area contributed by atoms with Gasteiger partial charge in [-0.1, -0.05) is 0 Å². The highest BCUT2D eigenvalue weighted by Crippen LogP contribution is 1.96. The Hall–Kier alpha value is -1.50. The number of unbranched alkanes of at least 4 members (excludes halogenated alkanes) is 1. The molecular formula is C8H11NO3. The third kappa shape index (κ3) is 6.62. The van der Waals surface area contributed by atoms with E-state index in [1.807, 2.05) is 0 Å². The summed E-state index contributed by atoms with van der Waals surface area (Å²) in [5.74, 6) is 5.29. The van der Waals surface area contributed by atoms with Crippen LogP contribution in [0.5, 0.6) is 0 Å². The average molecular weight is 169 g/mol. The third-order valence-electron chi connectivity index (χ3n) is 1.09. The fourth-order valence-electron chi connectivity index (χ4n) is 0.619. The summed E-state index contributed by atoms with van der Waals surface area (Å²) in [6.07, 6.45) is 0.220. The lowest BCUT2D eigenvalue weighted by Gasteiger charge is -1.98. The molecule has 0 aliphatic rings. The largest absolute Gasteiger partial charge is 0.512 e. The fraction of sp³-hybridized carbons (Fsp3) is 0.500. The highest BCUT2D eigenvalue weighted by atomic mass is 16.7. The summed E-state index contributed by atoms with van der Waals surface area (Å²) in [5, 5.41) is 15.1. The van der Waals surface area contributed by atoms with Crippen molar-refractivity contribution in [2.24, 2.45) is 0 Å². The molecule has 0 radical (unpaired) electrons. The minimum atomic E-state index is -1.43. The molecule has 0 saturated carbocycles. The molecule has 0 aromatic rings. The zero-order chi connectivity index (χ0) is 9.40. The van der Waals surface area contributed by atoms with Crippen molar-refractivity contribution in [2.75, 3.05) is 0 Å². The molecule has 12 heavy (non-hydrogen) atoms. The van der Waals surface area contributed by atoms with Gasteiger partial charge < -0.3 is 9.84 Å². The second-order valence-corrected chi connectivity index (χ2v) is 2.07. The van der Waals surface area contributed by atoms with Crippen molar-refractivity contribution in [1.29, 1.82) is 5.41 Å². The van der Waals surface area contributed by atoms with Gasteiger partial charge in [0.1, 0.15) is 0 Å². The Labute approximate surface area is 71.0 Å². The van der Waals surface area contributed by atoms with Crippen molar-refractivity contribution in [1.82, 2.24) is 0 Å². The number of ether oxygens (including phenoxy) is 1. The highest BCUT2D eigenvalue weighted by Gasteiger charge is 2.02. The Bertz CT molecular complexity index is 224. The SMILES string of the molecule is CC#CCCCC(=N)OC(=O)O. The van der Waals surface area contributed by atoms with Gasteiger partial charge >= 0.3 is 6.16 Å². The molecule has 0 unspecified atom stereocenters. The lowest BCUT2D eigenvalue weighted by molar-refractivity contribution is 0.139. The number of hydrogen-bond acceptors (Lipinski definition) is 3. The Morgan fingerprint density at radius 1 is 1.67 bits per heavy atom. The second kappa shape index (κ2) is 6.23. The van der Waals surface area contributed by atoms with Gasteiger partial charge in [0.15, 0.2) is 5.90 Å². The molecule has 0 aromatic heterocycles. The Morgan fingerprint density at radius 2 is 2.33 bits per heavy atom. The molecule has 4 nitrogen and oxygen atoms in total. The molecule has 0 spiro atoms. The molecule has 0 fully saturated rings. The van der Waals surface area contributed by atoms with E-state index in [1.165, 1.54) is 0 Å². The summed E-state index contributed by atoms with van der Waals surface area (Å²) in [4.78, 5) is 9.91. The van der Waals surface area contributed by atoms with E-state index in [-0.39, 0.29) is 5.90 Å². The number of carbonyl (C=O) groups is 1. The number of hydrogen-bond donors (Lipinski definition) is 2. The molecule has 66 valence electrons. The van der Waals surface area contributed by atoms with Crippen molar-refractivity contribution in [3.05, 3.63) is 0 Å². The minimum absolute atomic E-state index is 0.222. The van der Waals surface area contributed by atoms with Gasteiger partial charge in [0.2, 0.25) is 0 Å².